The van der Waals surface area contributed by atoms with Gasteiger partial charge in [-0.3, -0.25) is 0 Å². The molecule has 1 aliphatic rings. The predicted octanol–water partition coefficient (Wildman–Crippen LogP) is 4.30. The zero-order valence-electron chi connectivity index (χ0n) is 12.8. The lowest BCUT2D eigenvalue weighted by Crippen LogP contribution is -2.48. The molecule has 0 aromatic carbocycles. The van der Waals surface area contributed by atoms with Gasteiger partial charge in [-0.2, -0.15) is 0 Å². The highest BCUT2D eigenvalue weighted by atomic mass is 16.5. The lowest BCUT2D eigenvalue weighted by atomic mass is 9.75. The molecule has 1 heterocycles. The van der Waals surface area contributed by atoms with E-state index in [4.69, 9.17) is 4.74 Å². The van der Waals surface area contributed by atoms with E-state index in [1.165, 1.54) is 25.7 Å². The minimum atomic E-state index is -0.489. The Balaban J connectivity index is 2.56. The lowest BCUT2D eigenvalue weighted by molar-refractivity contribution is -0.160. The van der Waals surface area contributed by atoms with Gasteiger partial charge >= 0.3 is 0 Å². The van der Waals surface area contributed by atoms with E-state index in [0.717, 1.165) is 25.7 Å². The molecule has 0 amide bonds. The highest BCUT2D eigenvalue weighted by Gasteiger charge is 2.41. The molecule has 2 nitrogen and oxygen atoms in total. The molecule has 18 heavy (non-hydrogen) atoms. The summed E-state index contributed by atoms with van der Waals surface area (Å²) in [6, 6.07) is 0. The molecule has 1 aliphatic heterocycles. The van der Waals surface area contributed by atoms with Crippen molar-refractivity contribution in [2.24, 2.45) is 5.92 Å². The fourth-order valence-corrected chi connectivity index (χ4v) is 3.20. The van der Waals surface area contributed by atoms with Crippen LogP contribution in [-0.4, -0.2) is 22.9 Å². The number of hydrogen-bond acceptors (Lipinski definition) is 2. The summed E-state index contributed by atoms with van der Waals surface area (Å²) >= 11 is 0. The van der Waals surface area contributed by atoms with Gasteiger partial charge < -0.3 is 9.84 Å². The topological polar surface area (TPSA) is 29.5 Å². The van der Waals surface area contributed by atoms with Gasteiger partial charge in [0.2, 0.25) is 0 Å². The van der Waals surface area contributed by atoms with E-state index in [-0.39, 0.29) is 5.60 Å². The lowest BCUT2D eigenvalue weighted by Gasteiger charge is -2.44. The maximum Gasteiger partial charge on any atom is 0.0699 e. The van der Waals surface area contributed by atoms with Gasteiger partial charge in [0, 0.05) is 6.42 Å². The van der Waals surface area contributed by atoms with Crippen molar-refractivity contribution in [3.05, 3.63) is 0 Å². The van der Waals surface area contributed by atoms with E-state index in [2.05, 4.69) is 27.7 Å². The van der Waals surface area contributed by atoms with Crippen LogP contribution in [0.4, 0.5) is 0 Å². The van der Waals surface area contributed by atoms with Gasteiger partial charge in [-0.05, 0) is 32.1 Å². The number of hydrogen-bond donors (Lipinski definition) is 1. The highest BCUT2D eigenvalue weighted by molar-refractivity contribution is 4.93. The van der Waals surface area contributed by atoms with Crippen molar-refractivity contribution in [2.45, 2.75) is 90.3 Å². The molecule has 1 saturated heterocycles. The maximum atomic E-state index is 10.9. The van der Waals surface area contributed by atoms with Crippen molar-refractivity contribution < 1.29 is 9.84 Å². The smallest absolute Gasteiger partial charge is 0.0699 e. The van der Waals surface area contributed by atoms with Crippen LogP contribution < -0.4 is 0 Å². The summed E-state index contributed by atoms with van der Waals surface area (Å²) in [6.07, 6.45) is 8.56. The normalized spacial score (nSPS) is 34.5. The first-order chi connectivity index (χ1) is 8.47. The zero-order chi connectivity index (χ0) is 13.6. The summed E-state index contributed by atoms with van der Waals surface area (Å²) in [5.41, 5.74) is -0.604. The van der Waals surface area contributed by atoms with E-state index in [9.17, 15) is 5.11 Å². The van der Waals surface area contributed by atoms with Gasteiger partial charge in [0.15, 0.2) is 0 Å². The predicted molar refractivity (Wildman–Crippen MR) is 76.8 cm³/mol. The van der Waals surface area contributed by atoms with Crippen molar-refractivity contribution in [3.8, 4) is 0 Å². The Kier molecular flexibility index (Phi) is 6.13. The summed E-state index contributed by atoms with van der Waals surface area (Å²) in [5.74, 6) is 0.675. The maximum absolute atomic E-state index is 10.9. The van der Waals surface area contributed by atoms with Crippen molar-refractivity contribution in [1.29, 1.82) is 0 Å². The monoisotopic (exact) mass is 256 g/mol. The van der Waals surface area contributed by atoms with Crippen molar-refractivity contribution in [2.75, 3.05) is 6.61 Å². The molecule has 0 bridgehead atoms. The second kappa shape index (κ2) is 6.91. The van der Waals surface area contributed by atoms with Crippen LogP contribution in [0, 0.1) is 5.92 Å². The first-order valence-corrected chi connectivity index (χ1v) is 7.83. The molecule has 3 atom stereocenters. The van der Waals surface area contributed by atoms with Gasteiger partial charge in [-0.25, -0.2) is 0 Å². The average molecular weight is 256 g/mol. The van der Waals surface area contributed by atoms with Crippen LogP contribution in [0.25, 0.3) is 0 Å². The molecule has 0 aromatic rings. The largest absolute Gasteiger partial charge is 0.390 e. The van der Waals surface area contributed by atoms with Crippen LogP contribution in [0.5, 0.6) is 0 Å². The average Bonchev–Trinajstić information content (AvgIpc) is 2.34. The molecule has 1 rings (SSSR count). The standard InChI is InChI=1S/C16H32O2/c1-5-8-9-14(6-2)12-16(17)10-11-18-15(4,7-3)13-16/h14,17H,5-13H2,1-4H3. The van der Waals surface area contributed by atoms with Crippen molar-refractivity contribution in [3.63, 3.8) is 0 Å². The number of ether oxygens (including phenoxy) is 1. The number of unbranched alkanes of at least 4 members (excludes halogenated alkanes) is 1. The Morgan fingerprint density at radius 2 is 2.00 bits per heavy atom. The third-order valence-electron chi connectivity index (χ3n) is 4.68. The molecule has 1 fully saturated rings. The van der Waals surface area contributed by atoms with Crippen LogP contribution in [0.15, 0.2) is 0 Å². The molecule has 2 heteroatoms. The van der Waals surface area contributed by atoms with Crippen molar-refractivity contribution in [1.82, 2.24) is 0 Å². The highest BCUT2D eigenvalue weighted by Crippen LogP contribution is 2.39. The van der Waals surface area contributed by atoms with E-state index in [0.29, 0.717) is 12.5 Å². The fraction of sp³-hybridized carbons (Fsp3) is 1.00. The van der Waals surface area contributed by atoms with Gasteiger partial charge in [-0.1, -0.05) is 46.5 Å². The van der Waals surface area contributed by atoms with E-state index in [1.54, 1.807) is 0 Å². The fourth-order valence-electron chi connectivity index (χ4n) is 3.20. The van der Waals surface area contributed by atoms with E-state index in [1.807, 2.05) is 0 Å². The van der Waals surface area contributed by atoms with E-state index >= 15 is 0 Å². The van der Waals surface area contributed by atoms with Gasteiger partial charge in [0.05, 0.1) is 17.8 Å². The molecule has 1 N–H and O–H groups in total. The number of rotatable bonds is 7. The quantitative estimate of drug-likeness (QED) is 0.735. The molecule has 108 valence electrons. The van der Waals surface area contributed by atoms with Gasteiger partial charge in [0.25, 0.3) is 0 Å². The Morgan fingerprint density at radius 1 is 1.28 bits per heavy atom. The second-order valence-corrected chi connectivity index (χ2v) is 6.42. The number of aliphatic hydroxyl groups is 1. The third kappa shape index (κ3) is 4.55. The minimum absolute atomic E-state index is 0.115. The molecule has 3 unspecified atom stereocenters. The minimum Gasteiger partial charge on any atom is -0.390 e. The Bertz CT molecular complexity index is 241. The van der Waals surface area contributed by atoms with Crippen molar-refractivity contribution >= 4 is 0 Å². The Labute approximate surface area is 113 Å². The Hall–Kier alpha value is -0.0800. The van der Waals surface area contributed by atoms with Crippen LogP contribution >= 0.6 is 0 Å². The molecule has 0 spiro atoms. The SMILES string of the molecule is CCCCC(CC)CC1(O)CCOC(C)(CC)C1. The van der Waals surface area contributed by atoms with Crippen LogP contribution in [-0.2, 0) is 4.74 Å². The van der Waals surface area contributed by atoms with Crippen LogP contribution in [0.3, 0.4) is 0 Å². The van der Waals surface area contributed by atoms with Crippen LogP contribution in [0.1, 0.15) is 79.1 Å². The summed E-state index contributed by atoms with van der Waals surface area (Å²) in [5, 5.41) is 10.9. The first kappa shape index (κ1) is 16.0. The molecule has 0 saturated carbocycles. The third-order valence-corrected chi connectivity index (χ3v) is 4.68. The van der Waals surface area contributed by atoms with Gasteiger partial charge in [0.1, 0.15) is 0 Å². The van der Waals surface area contributed by atoms with Gasteiger partial charge in [-0.15, -0.1) is 0 Å². The van der Waals surface area contributed by atoms with E-state index < -0.39 is 5.60 Å². The van der Waals surface area contributed by atoms with Crippen LogP contribution in [0.2, 0.25) is 0 Å². The summed E-state index contributed by atoms with van der Waals surface area (Å²) in [4.78, 5) is 0. The Morgan fingerprint density at radius 3 is 2.56 bits per heavy atom. The summed E-state index contributed by atoms with van der Waals surface area (Å²) < 4.78 is 5.85. The molecule has 0 aliphatic carbocycles. The zero-order valence-corrected chi connectivity index (χ0v) is 12.8. The molecule has 0 aromatic heterocycles. The summed E-state index contributed by atoms with van der Waals surface area (Å²) in [7, 11) is 0. The molecular weight excluding hydrogens is 224 g/mol. The molecule has 0 radical (unpaired) electrons. The summed E-state index contributed by atoms with van der Waals surface area (Å²) in [6.45, 7) is 9.50. The first-order valence-electron chi connectivity index (χ1n) is 7.83. The molecular formula is C16H32O2. The second-order valence-electron chi connectivity index (χ2n) is 6.42.